The van der Waals surface area contributed by atoms with Gasteiger partial charge in [0.2, 0.25) is 0 Å². The van der Waals surface area contributed by atoms with E-state index in [1.54, 1.807) is 24.3 Å². The van der Waals surface area contributed by atoms with Gasteiger partial charge in [0, 0.05) is 12.0 Å². The van der Waals surface area contributed by atoms with E-state index in [9.17, 15) is 4.79 Å². The molecule has 0 saturated carbocycles. The number of hydrogen-bond donors (Lipinski definition) is 1. The Bertz CT molecular complexity index is 630. The van der Waals surface area contributed by atoms with Crippen LogP contribution in [0.25, 0.3) is 0 Å². The van der Waals surface area contributed by atoms with E-state index >= 15 is 0 Å². The van der Waals surface area contributed by atoms with Gasteiger partial charge < -0.3 is 9.15 Å². The summed E-state index contributed by atoms with van der Waals surface area (Å²) < 4.78 is 10.9. The van der Waals surface area contributed by atoms with Crippen LogP contribution in [0.3, 0.4) is 0 Å². The molecule has 0 unspecified atom stereocenters. The van der Waals surface area contributed by atoms with Gasteiger partial charge in [-0.05, 0) is 42.8 Å². The van der Waals surface area contributed by atoms with E-state index in [-0.39, 0.29) is 5.91 Å². The number of hydrazone groups is 1. The number of rotatable bonds is 7. The SMILES string of the molecule is CCCOc1ccc(C(=O)N/N=C/c2ccc(CC)o2)cc1. The standard InChI is InChI=1S/C17H20N2O3/c1-3-11-21-15-7-5-13(6-8-15)17(20)19-18-12-16-10-9-14(4-2)22-16/h5-10,12H,3-4,11H2,1-2H3,(H,19,20)/b18-12+. The summed E-state index contributed by atoms with van der Waals surface area (Å²) in [5.41, 5.74) is 2.99. The topological polar surface area (TPSA) is 63.8 Å². The molecule has 1 amide bonds. The first-order chi connectivity index (χ1) is 10.7. The Kier molecular flexibility index (Phi) is 5.77. The Hall–Kier alpha value is -2.56. The lowest BCUT2D eigenvalue weighted by Crippen LogP contribution is -2.17. The molecular formula is C17H20N2O3. The van der Waals surface area contributed by atoms with Crippen LogP contribution >= 0.6 is 0 Å². The molecule has 0 atom stereocenters. The van der Waals surface area contributed by atoms with Crippen LogP contribution in [0, 0.1) is 0 Å². The molecule has 5 heteroatoms. The Labute approximate surface area is 130 Å². The molecule has 0 aliphatic heterocycles. The summed E-state index contributed by atoms with van der Waals surface area (Å²) >= 11 is 0. The van der Waals surface area contributed by atoms with Gasteiger partial charge in [0.05, 0.1) is 12.8 Å². The van der Waals surface area contributed by atoms with Gasteiger partial charge in [0.15, 0.2) is 0 Å². The first-order valence-corrected chi connectivity index (χ1v) is 7.38. The number of nitrogens with zero attached hydrogens (tertiary/aromatic N) is 1. The fourth-order valence-electron chi connectivity index (χ4n) is 1.80. The van der Waals surface area contributed by atoms with Gasteiger partial charge in [-0.3, -0.25) is 4.79 Å². The Balaban J connectivity index is 1.88. The van der Waals surface area contributed by atoms with Crippen LogP contribution in [0.4, 0.5) is 0 Å². The van der Waals surface area contributed by atoms with Crippen molar-refractivity contribution in [2.45, 2.75) is 26.7 Å². The van der Waals surface area contributed by atoms with Crippen molar-refractivity contribution in [2.24, 2.45) is 5.10 Å². The Morgan fingerprint density at radius 1 is 1.23 bits per heavy atom. The second kappa shape index (κ2) is 8.02. The van der Waals surface area contributed by atoms with Crippen molar-refractivity contribution in [3.05, 3.63) is 53.5 Å². The van der Waals surface area contributed by atoms with E-state index in [0.29, 0.717) is 17.9 Å². The summed E-state index contributed by atoms with van der Waals surface area (Å²) in [6.07, 6.45) is 3.26. The van der Waals surface area contributed by atoms with Gasteiger partial charge in [-0.1, -0.05) is 13.8 Å². The minimum absolute atomic E-state index is 0.277. The van der Waals surface area contributed by atoms with Crippen molar-refractivity contribution in [3.8, 4) is 5.75 Å². The first kappa shape index (κ1) is 15.8. The summed E-state index contributed by atoms with van der Waals surface area (Å²) in [5.74, 6) is 1.97. The molecule has 116 valence electrons. The maximum absolute atomic E-state index is 11.9. The molecule has 0 fully saturated rings. The van der Waals surface area contributed by atoms with E-state index in [4.69, 9.17) is 9.15 Å². The van der Waals surface area contributed by atoms with Crippen LogP contribution in [-0.4, -0.2) is 18.7 Å². The molecule has 2 rings (SSSR count). The molecule has 1 N–H and O–H groups in total. The molecule has 0 saturated heterocycles. The van der Waals surface area contributed by atoms with Crippen LogP contribution in [0.5, 0.6) is 5.75 Å². The normalized spacial score (nSPS) is 10.8. The lowest BCUT2D eigenvalue weighted by molar-refractivity contribution is 0.0955. The first-order valence-electron chi connectivity index (χ1n) is 7.38. The highest BCUT2D eigenvalue weighted by Crippen LogP contribution is 2.12. The van der Waals surface area contributed by atoms with Crippen molar-refractivity contribution < 1.29 is 13.9 Å². The van der Waals surface area contributed by atoms with Gasteiger partial charge in [-0.15, -0.1) is 0 Å². The van der Waals surface area contributed by atoms with Crippen molar-refractivity contribution >= 4 is 12.1 Å². The van der Waals surface area contributed by atoms with Crippen LogP contribution in [0.15, 0.2) is 45.9 Å². The molecule has 0 aliphatic carbocycles. The zero-order chi connectivity index (χ0) is 15.8. The van der Waals surface area contributed by atoms with Crippen molar-refractivity contribution in [2.75, 3.05) is 6.61 Å². The average Bonchev–Trinajstić information content (AvgIpc) is 3.01. The molecule has 0 spiro atoms. The van der Waals surface area contributed by atoms with E-state index in [1.165, 1.54) is 6.21 Å². The quantitative estimate of drug-likeness (QED) is 0.629. The van der Waals surface area contributed by atoms with E-state index < -0.39 is 0 Å². The molecule has 0 bridgehead atoms. The summed E-state index contributed by atoms with van der Waals surface area (Å²) in [5, 5.41) is 3.89. The number of carbonyl (C=O) groups is 1. The van der Waals surface area contributed by atoms with E-state index in [0.717, 1.165) is 24.4 Å². The number of aryl methyl sites for hydroxylation is 1. The number of benzene rings is 1. The maximum Gasteiger partial charge on any atom is 0.271 e. The fraction of sp³-hybridized carbons (Fsp3) is 0.294. The smallest absolute Gasteiger partial charge is 0.271 e. The van der Waals surface area contributed by atoms with Crippen LogP contribution in [0.1, 0.15) is 42.1 Å². The largest absolute Gasteiger partial charge is 0.494 e. The third-order valence-corrected chi connectivity index (χ3v) is 2.98. The molecule has 1 aromatic carbocycles. The van der Waals surface area contributed by atoms with Crippen LogP contribution in [0.2, 0.25) is 0 Å². The molecule has 1 aromatic heterocycles. The van der Waals surface area contributed by atoms with Crippen molar-refractivity contribution in [1.82, 2.24) is 5.43 Å². The minimum Gasteiger partial charge on any atom is -0.494 e. The lowest BCUT2D eigenvalue weighted by atomic mass is 10.2. The Morgan fingerprint density at radius 3 is 2.64 bits per heavy atom. The Morgan fingerprint density at radius 2 is 2.00 bits per heavy atom. The van der Waals surface area contributed by atoms with Crippen molar-refractivity contribution in [3.63, 3.8) is 0 Å². The molecule has 0 radical (unpaired) electrons. The summed E-state index contributed by atoms with van der Waals surface area (Å²) in [7, 11) is 0. The second-order valence-corrected chi connectivity index (χ2v) is 4.73. The number of furan rings is 1. The summed E-state index contributed by atoms with van der Waals surface area (Å²) in [6, 6.07) is 10.7. The van der Waals surface area contributed by atoms with Gasteiger partial charge in [-0.2, -0.15) is 5.10 Å². The fourth-order valence-corrected chi connectivity index (χ4v) is 1.80. The maximum atomic E-state index is 11.9. The zero-order valence-corrected chi connectivity index (χ0v) is 12.8. The lowest BCUT2D eigenvalue weighted by Gasteiger charge is -2.05. The van der Waals surface area contributed by atoms with Gasteiger partial charge >= 0.3 is 0 Å². The third-order valence-electron chi connectivity index (χ3n) is 2.98. The monoisotopic (exact) mass is 300 g/mol. The molecule has 2 aromatic rings. The van der Waals surface area contributed by atoms with Gasteiger partial charge in [-0.25, -0.2) is 5.43 Å². The summed E-state index contributed by atoms with van der Waals surface area (Å²) in [6.45, 7) is 4.72. The average molecular weight is 300 g/mol. The highest BCUT2D eigenvalue weighted by Gasteiger charge is 2.04. The molecule has 5 nitrogen and oxygen atoms in total. The number of nitrogens with one attached hydrogen (secondary N) is 1. The highest BCUT2D eigenvalue weighted by molar-refractivity contribution is 5.94. The molecule has 1 heterocycles. The minimum atomic E-state index is -0.277. The van der Waals surface area contributed by atoms with E-state index in [2.05, 4.69) is 10.5 Å². The second-order valence-electron chi connectivity index (χ2n) is 4.73. The van der Waals surface area contributed by atoms with Gasteiger partial charge in [0.25, 0.3) is 5.91 Å². The highest BCUT2D eigenvalue weighted by atomic mass is 16.5. The number of carbonyl (C=O) groups excluding carboxylic acids is 1. The molecular weight excluding hydrogens is 280 g/mol. The zero-order valence-electron chi connectivity index (χ0n) is 12.8. The predicted molar refractivity (Wildman–Crippen MR) is 85.4 cm³/mol. The molecule has 22 heavy (non-hydrogen) atoms. The van der Waals surface area contributed by atoms with Crippen molar-refractivity contribution in [1.29, 1.82) is 0 Å². The van der Waals surface area contributed by atoms with Crippen LogP contribution in [-0.2, 0) is 6.42 Å². The number of hydrogen-bond acceptors (Lipinski definition) is 4. The third kappa shape index (κ3) is 4.48. The number of amides is 1. The van der Waals surface area contributed by atoms with Gasteiger partial charge in [0.1, 0.15) is 17.3 Å². The predicted octanol–water partition coefficient (Wildman–Crippen LogP) is 3.39. The molecule has 0 aliphatic rings. The van der Waals surface area contributed by atoms with E-state index in [1.807, 2.05) is 26.0 Å². The number of ether oxygens (including phenoxy) is 1. The summed E-state index contributed by atoms with van der Waals surface area (Å²) in [4.78, 5) is 11.9. The van der Waals surface area contributed by atoms with Crippen LogP contribution < -0.4 is 10.2 Å².